The van der Waals surface area contributed by atoms with Crippen LogP contribution >= 0.6 is 0 Å². The Hall–Kier alpha value is -2.03. The van der Waals surface area contributed by atoms with E-state index in [9.17, 15) is 4.79 Å². The predicted molar refractivity (Wildman–Crippen MR) is 54.2 cm³/mol. The van der Waals surface area contributed by atoms with Gasteiger partial charge in [0, 0.05) is 12.4 Å². The van der Waals surface area contributed by atoms with Crippen molar-refractivity contribution in [3.63, 3.8) is 0 Å². The number of carboxylic acid groups (broad SMARTS) is 1. The fourth-order valence-corrected chi connectivity index (χ4v) is 0.859. The number of nitrogens with one attached hydrogen (secondary N) is 1. The molecule has 0 aliphatic carbocycles. The average molecular weight is 189 g/mol. The zero-order valence-electron chi connectivity index (χ0n) is 7.55. The highest BCUT2D eigenvalue weighted by atomic mass is 16.4. The van der Waals surface area contributed by atoms with E-state index in [-0.39, 0.29) is 0 Å². The number of carboxylic acids is 1. The number of rotatable bonds is 1. The summed E-state index contributed by atoms with van der Waals surface area (Å²) < 4.78 is 0. The molecular formula is C11H11NO2. The first kappa shape index (κ1) is 10.1. The van der Waals surface area contributed by atoms with Gasteiger partial charge in [-0.2, -0.15) is 0 Å². The zero-order chi connectivity index (χ0) is 10.2. The smallest absolute Gasteiger partial charge is 0.335 e. The molecule has 0 aliphatic rings. The van der Waals surface area contributed by atoms with Gasteiger partial charge in [-0.05, 0) is 24.3 Å². The number of carbonyl (C=O) groups is 1. The monoisotopic (exact) mass is 189 g/mol. The van der Waals surface area contributed by atoms with Crippen LogP contribution in [0.25, 0.3) is 0 Å². The van der Waals surface area contributed by atoms with Crippen molar-refractivity contribution in [2.75, 3.05) is 0 Å². The molecule has 3 nitrogen and oxygen atoms in total. The average Bonchev–Trinajstić information content (AvgIpc) is 2.77. The van der Waals surface area contributed by atoms with Gasteiger partial charge in [0.25, 0.3) is 0 Å². The van der Waals surface area contributed by atoms with Crippen LogP contribution in [0, 0.1) is 0 Å². The number of benzene rings is 1. The minimum atomic E-state index is -0.879. The summed E-state index contributed by atoms with van der Waals surface area (Å²) in [6.45, 7) is 0. The van der Waals surface area contributed by atoms with Crippen LogP contribution in [-0.2, 0) is 0 Å². The van der Waals surface area contributed by atoms with Crippen LogP contribution in [0.1, 0.15) is 10.4 Å². The zero-order valence-corrected chi connectivity index (χ0v) is 7.55. The van der Waals surface area contributed by atoms with Crippen molar-refractivity contribution in [3.8, 4) is 0 Å². The molecule has 3 heteroatoms. The molecular weight excluding hydrogens is 178 g/mol. The lowest BCUT2D eigenvalue weighted by Gasteiger charge is -1.88. The summed E-state index contributed by atoms with van der Waals surface area (Å²) in [5.74, 6) is -0.879. The highest BCUT2D eigenvalue weighted by Gasteiger charge is 1.96. The molecule has 0 spiro atoms. The maximum absolute atomic E-state index is 10.2. The molecule has 0 unspecified atom stereocenters. The summed E-state index contributed by atoms with van der Waals surface area (Å²) in [7, 11) is 0. The molecule has 0 bridgehead atoms. The lowest BCUT2D eigenvalue weighted by molar-refractivity contribution is 0.0697. The summed E-state index contributed by atoms with van der Waals surface area (Å²) >= 11 is 0. The van der Waals surface area contributed by atoms with Gasteiger partial charge < -0.3 is 10.1 Å². The summed E-state index contributed by atoms with van der Waals surface area (Å²) in [4.78, 5) is 13.1. The van der Waals surface area contributed by atoms with Gasteiger partial charge >= 0.3 is 5.97 Å². The predicted octanol–water partition coefficient (Wildman–Crippen LogP) is 2.40. The number of hydrogen-bond acceptors (Lipinski definition) is 1. The van der Waals surface area contributed by atoms with Gasteiger partial charge in [-0.25, -0.2) is 4.79 Å². The minimum Gasteiger partial charge on any atom is -0.478 e. The van der Waals surface area contributed by atoms with Crippen molar-refractivity contribution in [2.45, 2.75) is 0 Å². The number of aromatic nitrogens is 1. The highest BCUT2D eigenvalue weighted by Crippen LogP contribution is 1.96. The Labute approximate surface area is 82.0 Å². The standard InChI is InChI=1S/C7H6O2.C4H5N/c8-7(9)6-4-2-1-3-5-6;1-2-4-5-3-1/h1-5H,(H,8,9);1-5H. The molecule has 0 saturated heterocycles. The lowest BCUT2D eigenvalue weighted by Crippen LogP contribution is -1.93. The van der Waals surface area contributed by atoms with E-state index in [0.29, 0.717) is 5.56 Å². The summed E-state index contributed by atoms with van der Waals surface area (Å²) in [5.41, 5.74) is 0.331. The van der Waals surface area contributed by atoms with Gasteiger partial charge in [0.15, 0.2) is 0 Å². The number of aromatic amines is 1. The first-order valence-corrected chi connectivity index (χ1v) is 4.17. The van der Waals surface area contributed by atoms with E-state index in [1.807, 2.05) is 24.5 Å². The van der Waals surface area contributed by atoms with Crippen molar-refractivity contribution in [1.82, 2.24) is 4.98 Å². The van der Waals surface area contributed by atoms with Crippen molar-refractivity contribution in [1.29, 1.82) is 0 Å². The molecule has 14 heavy (non-hydrogen) atoms. The molecule has 1 aromatic carbocycles. The number of H-pyrrole nitrogens is 1. The second kappa shape index (κ2) is 5.59. The Morgan fingerprint density at radius 3 is 1.86 bits per heavy atom. The first-order chi connectivity index (χ1) is 6.80. The summed E-state index contributed by atoms with van der Waals surface area (Å²) in [6.07, 6.45) is 3.75. The van der Waals surface area contributed by atoms with E-state index in [1.54, 1.807) is 30.3 Å². The molecule has 0 aliphatic heterocycles. The van der Waals surface area contributed by atoms with E-state index in [0.717, 1.165) is 0 Å². The van der Waals surface area contributed by atoms with Gasteiger partial charge in [0.2, 0.25) is 0 Å². The fraction of sp³-hybridized carbons (Fsp3) is 0. The van der Waals surface area contributed by atoms with Gasteiger partial charge in [0.1, 0.15) is 0 Å². The molecule has 2 N–H and O–H groups in total. The Balaban J connectivity index is 0.000000165. The van der Waals surface area contributed by atoms with E-state index in [1.165, 1.54) is 0 Å². The Morgan fingerprint density at radius 2 is 1.57 bits per heavy atom. The maximum Gasteiger partial charge on any atom is 0.335 e. The molecule has 0 radical (unpaired) electrons. The number of hydrogen-bond donors (Lipinski definition) is 2. The van der Waals surface area contributed by atoms with E-state index < -0.39 is 5.97 Å². The van der Waals surface area contributed by atoms with Gasteiger partial charge in [-0.3, -0.25) is 0 Å². The molecule has 0 saturated carbocycles. The van der Waals surface area contributed by atoms with Crippen molar-refractivity contribution < 1.29 is 9.90 Å². The first-order valence-electron chi connectivity index (χ1n) is 4.17. The van der Waals surface area contributed by atoms with Crippen LogP contribution in [0.4, 0.5) is 0 Å². The van der Waals surface area contributed by atoms with Crippen LogP contribution in [0.3, 0.4) is 0 Å². The second-order valence-corrected chi connectivity index (χ2v) is 2.56. The van der Waals surface area contributed by atoms with E-state index in [2.05, 4.69) is 4.98 Å². The molecule has 0 atom stereocenters. The fourth-order valence-electron chi connectivity index (χ4n) is 0.859. The van der Waals surface area contributed by atoms with Crippen LogP contribution in [0.15, 0.2) is 54.9 Å². The molecule has 0 amide bonds. The van der Waals surface area contributed by atoms with Crippen molar-refractivity contribution >= 4 is 5.97 Å². The number of aromatic carboxylic acids is 1. The van der Waals surface area contributed by atoms with E-state index >= 15 is 0 Å². The Kier molecular flexibility index (Phi) is 4.01. The van der Waals surface area contributed by atoms with Gasteiger partial charge in [-0.1, -0.05) is 18.2 Å². The largest absolute Gasteiger partial charge is 0.478 e. The van der Waals surface area contributed by atoms with Crippen molar-refractivity contribution in [3.05, 3.63) is 60.4 Å². The Bertz CT molecular complexity index is 337. The van der Waals surface area contributed by atoms with Crippen LogP contribution in [-0.4, -0.2) is 16.1 Å². The molecule has 2 rings (SSSR count). The quantitative estimate of drug-likeness (QED) is 0.723. The third-order valence-corrected chi connectivity index (χ3v) is 1.52. The topological polar surface area (TPSA) is 53.1 Å². The Morgan fingerprint density at radius 1 is 1.00 bits per heavy atom. The van der Waals surface area contributed by atoms with E-state index in [4.69, 9.17) is 5.11 Å². The normalized spacial score (nSPS) is 8.57. The van der Waals surface area contributed by atoms with Crippen molar-refractivity contribution in [2.24, 2.45) is 0 Å². The molecule has 1 aromatic heterocycles. The summed E-state index contributed by atoms with van der Waals surface area (Å²) in [6, 6.07) is 12.2. The SMILES string of the molecule is O=C(O)c1ccccc1.c1cc[nH]c1. The van der Waals surface area contributed by atoms with Crippen LogP contribution in [0.2, 0.25) is 0 Å². The minimum absolute atomic E-state index is 0.331. The second-order valence-electron chi connectivity index (χ2n) is 2.56. The molecule has 1 heterocycles. The molecule has 72 valence electrons. The molecule has 2 aromatic rings. The third-order valence-electron chi connectivity index (χ3n) is 1.52. The third kappa shape index (κ3) is 3.58. The van der Waals surface area contributed by atoms with Gasteiger partial charge in [-0.15, -0.1) is 0 Å². The van der Waals surface area contributed by atoms with Crippen LogP contribution in [0.5, 0.6) is 0 Å². The summed E-state index contributed by atoms with van der Waals surface area (Å²) in [5, 5.41) is 8.38. The van der Waals surface area contributed by atoms with Crippen LogP contribution < -0.4 is 0 Å². The maximum atomic E-state index is 10.2. The molecule has 0 fully saturated rings. The lowest BCUT2D eigenvalue weighted by atomic mass is 10.2. The highest BCUT2D eigenvalue weighted by molar-refractivity contribution is 5.87. The van der Waals surface area contributed by atoms with Gasteiger partial charge in [0.05, 0.1) is 5.56 Å².